The quantitative estimate of drug-likeness (QED) is 0.871. The van der Waals surface area contributed by atoms with Crippen molar-refractivity contribution >= 4 is 11.7 Å². The highest BCUT2D eigenvalue weighted by molar-refractivity contribution is 5.90. The van der Waals surface area contributed by atoms with E-state index in [1.807, 2.05) is 13.8 Å². The fraction of sp³-hybridized carbons (Fsp3) is 0.438. The van der Waals surface area contributed by atoms with Gasteiger partial charge in [-0.05, 0) is 19.9 Å². The molecule has 3 heterocycles. The lowest BCUT2D eigenvalue weighted by Crippen LogP contribution is -2.29. The zero-order valence-electron chi connectivity index (χ0n) is 13.7. The third-order valence-corrected chi connectivity index (χ3v) is 3.48. The first-order valence-corrected chi connectivity index (χ1v) is 7.83. The van der Waals surface area contributed by atoms with Gasteiger partial charge in [0.2, 0.25) is 0 Å². The Morgan fingerprint density at radius 2 is 2.33 bits per heavy atom. The van der Waals surface area contributed by atoms with Crippen molar-refractivity contribution < 1.29 is 18.8 Å². The predicted octanol–water partition coefficient (Wildman–Crippen LogP) is 2.25. The van der Waals surface area contributed by atoms with E-state index in [1.54, 1.807) is 18.5 Å². The minimum atomic E-state index is -0.358. The van der Waals surface area contributed by atoms with E-state index in [0.717, 1.165) is 11.3 Å². The third kappa shape index (κ3) is 3.83. The maximum Gasteiger partial charge on any atom is 0.319 e. The number of urea groups is 1. The average molecular weight is 332 g/mol. The number of amides is 2. The molecule has 3 rings (SSSR count). The molecule has 2 amide bonds. The molecule has 1 aliphatic heterocycles. The van der Waals surface area contributed by atoms with Gasteiger partial charge in [0.1, 0.15) is 11.5 Å². The molecule has 24 heavy (non-hydrogen) atoms. The molecule has 0 radical (unpaired) electrons. The number of anilines is 1. The lowest BCUT2D eigenvalue weighted by Gasteiger charge is -2.14. The third-order valence-electron chi connectivity index (χ3n) is 3.48. The largest absolute Gasteiger partial charge is 0.487 e. The Kier molecular flexibility index (Phi) is 4.95. The zero-order valence-corrected chi connectivity index (χ0v) is 13.7. The molecule has 2 aromatic heterocycles. The van der Waals surface area contributed by atoms with Crippen molar-refractivity contribution in [3.8, 4) is 5.75 Å². The van der Waals surface area contributed by atoms with Crippen LogP contribution in [-0.2, 0) is 24.3 Å². The minimum absolute atomic E-state index is 0.0144. The summed E-state index contributed by atoms with van der Waals surface area (Å²) in [5.41, 5.74) is 2.17. The van der Waals surface area contributed by atoms with Crippen LogP contribution in [0.5, 0.6) is 5.75 Å². The number of pyridine rings is 1. The SMILES string of the molecule is CC(C)Oc1cnccc1NC(=O)NCc1noc2c1COCC2. The number of nitrogens with zero attached hydrogens (tertiary/aromatic N) is 2. The first kappa shape index (κ1) is 16.3. The number of hydrogen-bond donors (Lipinski definition) is 2. The fourth-order valence-corrected chi connectivity index (χ4v) is 2.38. The average Bonchev–Trinajstić information content (AvgIpc) is 2.98. The topological polar surface area (TPSA) is 98.5 Å². The summed E-state index contributed by atoms with van der Waals surface area (Å²) >= 11 is 0. The van der Waals surface area contributed by atoms with E-state index >= 15 is 0 Å². The molecule has 2 N–H and O–H groups in total. The lowest BCUT2D eigenvalue weighted by molar-refractivity contribution is 0.102. The van der Waals surface area contributed by atoms with Gasteiger partial charge in [0.25, 0.3) is 0 Å². The molecule has 0 saturated heterocycles. The predicted molar refractivity (Wildman–Crippen MR) is 85.7 cm³/mol. The maximum atomic E-state index is 12.1. The van der Waals surface area contributed by atoms with Crippen LogP contribution in [0.4, 0.5) is 10.5 Å². The molecule has 0 unspecified atom stereocenters. The highest BCUT2D eigenvalue weighted by Gasteiger charge is 2.20. The summed E-state index contributed by atoms with van der Waals surface area (Å²) in [5.74, 6) is 1.36. The van der Waals surface area contributed by atoms with E-state index in [0.29, 0.717) is 36.8 Å². The molecule has 0 aromatic carbocycles. The smallest absolute Gasteiger partial charge is 0.319 e. The van der Waals surface area contributed by atoms with Crippen LogP contribution in [0.3, 0.4) is 0 Å². The molecule has 0 atom stereocenters. The Morgan fingerprint density at radius 1 is 1.46 bits per heavy atom. The summed E-state index contributed by atoms with van der Waals surface area (Å²) in [6, 6.07) is 1.33. The molecule has 2 aromatic rings. The Bertz CT molecular complexity index is 714. The summed E-state index contributed by atoms with van der Waals surface area (Å²) in [6.45, 7) is 5.18. The number of aromatic nitrogens is 2. The molecule has 0 fully saturated rings. The lowest BCUT2D eigenvalue weighted by atomic mass is 10.1. The number of carbonyl (C=O) groups is 1. The molecule has 128 valence electrons. The van der Waals surface area contributed by atoms with Crippen LogP contribution in [0.25, 0.3) is 0 Å². The zero-order chi connectivity index (χ0) is 16.9. The van der Waals surface area contributed by atoms with Gasteiger partial charge in [0.15, 0.2) is 5.75 Å². The Hall–Kier alpha value is -2.61. The van der Waals surface area contributed by atoms with E-state index < -0.39 is 0 Å². The first-order chi connectivity index (χ1) is 11.6. The first-order valence-electron chi connectivity index (χ1n) is 7.83. The summed E-state index contributed by atoms with van der Waals surface area (Å²) in [4.78, 5) is 16.1. The van der Waals surface area contributed by atoms with Gasteiger partial charge in [-0.1, -0.05) is 5.16 Å². The van der Waals surface area contributed by atoms with Crippen LogP contribution >= 0.6 is 0 Å². The second-order valence-electron chi connectivity index (χ2n) is 5.68. The van der Waals surface area contributed by atoms with Gasteiger partial charge in [-0.3, -0.25) is 4.98 Å². The summed E-state index contributed by atoms with van der Waals surface area (Å²) in [7, 11) is 0. The van der Waals surface area contributed by atoms with Crippen LogP contribution in [0.15, 0.2) is 23.0 Å². The summed E-state index contributed by atoms with van der Waals surface area (Å²) < 4.78 is 16.3. The van der Waals surface area contributed by atoms with Gasteiger partial charge >= 0.3 is 6.03 Å². The normalized spacial score (nSPS) is 13.5. The van der Waals surface area contributed by atoms with Crippen molar-refractivity contribution in [2.75, 3.05) is 11.9 Å². The van der Waals surface area contributed by atoms with Crippen molar-refractivity contribution in [1.82, 2.24) is 15.5 Å². The second-order valence-corrected chi connectivity index (χ2v) is 5.68. The molecule has 0 aliphatic carbocycles. The van der Waals surface area contributed by atoms with Crippen LogP contribution < -0.4 is 15.4 Å². The molecular weight excluding hydrogens is 312 g/mol. The minimum Gasteiger partial charge on any atom is -0.487 e. The number of fused-ring (bicyclic) bond motifs is 1. The van der Waals surface area contributed by atoms with Crippen molar-refractivity contribution in [3.63, 3.8) is 0 Å². The van der Waals surface area contributed by atoms with Gasteiger partial charge in [0, 0.05) is 18.2 Å². The van der Waals surface area contributed by atoms with Crippen LogP contribution in [0, 0.1) is 0 Å². The summed E-state index contributed by atoms with van der Waals surface area (Å²) in [5, 5.41) is 9.52. The molecule has 1 aliphatic rings. The van der Waals surface area contributed by atoms with E-state index in [-0.39, 0.29) is 18.7 Å². The monoisotopic (exact) mass is 332 g/mol. The molecule has 8 nitrogen and oxygen atoms in total. The van der Waals surface area contributed by atoms with Crippen molar-refractivity contribution in [1.29, 1.82) is 0 Å². The molecule has 0 spiro atoms. The van der Waals surface area contributed by atoms with Crippen molar-refractivity contribution in [2.45, 2.75) is 39.5 Å². The van der Waals surface area contributed by atoms with E-state index in [2.05, 4.69) is 20.8 Å². The maximum absolute atomic E-state index is 12.1. The van der Waals surface area contributed by atoms with E-state index in [9.17, 15) is 4.79 Å². The summed E-state index contributed by atoms with van der Waals surface area (Å²) in [6.07, 6.45) is 3.86. The van der Waals surface area contributed by atoms with E-state index in [1.165, 1.54) is 0 Å². The Labute approximate surface area is 139 Å². The number of carbonyl (C=O) groups excluding carboxylic acids is 1. The number of hydrogen-bond acceptors (Lipinski definition) is 6. The van der Waals surface area contributed by atoms with E-state index in [4.69, 9.17) is 14.0 Å². The molecule has 0 saturated carbocycles. The van der Waals surface area contributed by atoms with Crippen LogP contribution in [-0.4, -0.2) is 28.9 Å². The van der Waals surface area contributed by atoms with Gasteiger partial charge in [-0.2, -0.15) is 0 Å². The second kappa shape index (κ2) is 7.31. The standard InChI is InChI=1S/C16H20N4O4/c1-10(2)23-15-8-17-5-3-12(15)19-16(21)18-7-13-11-9-22-6-4-14(11)24-20-13/h3,5,8,10H,4,6-7,9H2,1-2H3,(H2,17,18,19,21). The molecular formula is C16H20N4O4. The number of nitrogens with one attached hydrogen (secondary N) is 2. The molecule has 0 bridgehead atoms. The number of rotatable bonds is 5. The molecule has 8 heteroatoms. The van der Waals surface area contributed by atoms with Gasteiger partial charge in [0.05, 0.1) is 37.7 Å². The van der Waals surface area contributed by atoms with Gasteiger partial charge < -0.3 is 24.6 Å². The van der Waals surface area contributed by atoms with Crippen molar-refractivity contribution in [3.05, 3.63) is 35.5 Å². The van der Waals surface area contributed by atoms with Gasteiger partial charge in [-0.15, -0.1) is 0 Å². The fourth-order valence-electron chi connectivity index (χ4n) is 2.38. The number of ether oxygens (including phenoxy) is 2. The highest BCUT2D eigenvalue weighted by Crippen LogP contribution is 2.24. The van der Waals surface area contributed by atoms with Crippen LogP contribution in [0.1, 0.15) is 30.9 Å². The Balaban J connectivity index is 1.59. The Morgan fingerprint density at radius 3 is 3.17 bits per heavy atom. The van der Waals surface area contributed by atoms with Gasteiger partial charge in [-0.25, -0.2) is 4.79 Å². The van der Waals surface area contributed by atoms with Crippen LogP contribution in [0.2, 0.25) is 0 Å². The highest BCUT2D eigenvalue weighted by atomic mass is 16.5. The van der Waals surface area contributed by atoms with Crippen molar-refractivity contribution in [2.24, 2.45) is 0 Å².